The van der Waals surface area contributed by atoms with Gasteiger partial charge in [-0.25, -0.2) is 0 Å². The van der Waals surface area contributed by atoms with Gasteiger partial charge in [-0.15, -0.1) is 0 Å². The van der Waals surface area contributed by atoms with E-state index in [2.05, 4.69) is 150 Å². The molecule has 0 saturated heterocycles. The molecule has 0 rings (SSSR count). The Kier molecular flexibility index (Phi) is 16.9. The van der Waals surface area contributed by atoms with Crippen LogP contribution in [-0.4, -0.2) is 90.6 Å². The molecule has 0 aliphatic carbocycles. The third-order valence-corrected chi connectivity index (χ3v) is 13.6. The minimum absolute atomic E-state index is 0.0979. The molecule has 5 nitrogen and oxygen atoms in total. The van der Waals surface area contributed by atoms with Gasteiger partial charge in [-0.1, -0.05) is 0 Å². The molecular formula is C31H69N5P2. The highest BCUT2D eigenvalue weighted by molar-refractivity contribution is 7.56. The number of aliphatic imine (C=N–C) groups is 1. The molecule has 0 fully saturated rings. The van der Waals surface area contributed by atoms with Crippen molar-refractivity contribution in [1.29, 1.82) is 0 Å². The van der Waals surface area contributed by atoms with Gasteiger partial charge in [0.15, 0.2) is 0 Å². The molecule has 0 amide bonds. The van der Waals surface area contributed by atoms with Crippen LogP contribution in [0.25, 0.3) is 0 Å². The monoisotopic (exact) mass is 574 g/mol. The summed E-state index contributed by atoms with van der Waals surface area (Å²) in [5, 5.41) is 0. The molecule has 0 unspecified atom stereocenters. The van der Waals surface area contributed by atoms with Gasteiger partial charge in [-0.3, -0.25) is 23.7 Å². The zero-order chi connectivity index (χ0) is 30.3. The second kappa shape index (κ2) is 16.7. The zero-order valence-corrected chi connectivity index (χ0v) is 31.0. The van der Waals surface area contributed by atoms with Gasteiger partial charge in [0.2, 0.25) is 0 Å². The second-order valence-corrected chi connectivity index (χ2v) is 18.1. The molecule has 0 aromatic heterocycles. The van der Waals surface area contributed by atoms with E-state index in [0.717, 1.165) is 12.3 Å². The van der Waals surface area contributed by atoms with Crippen molar-refractivity contribution in [3.63, 3.8) is 0 Å². The van der Waals surface area contributed by atoms with E-state index in [0.29, 0.717) is 48.3 Å². The molecule has 0 saturated carbocycles. The maximum atomic E-state index is 5.54. The smallest absolute Gasteiger partial charge is 0.0523 e. The lowest BCUT2D eigenvalue weighted by molar-refractivity contribution is 0.257. The molecular weight excluding hydrogens is 504 g/mol. The Labute approximate surface area is 243 Å². The lowest BCUT2D eigenvalue weighted by Gasteiger charge is -2.49. The van der Waals surface area contributed by atoms with E-state index in [1.54, 1.807) is 0 Å². The molecule has 0 aromatic rings. The van der Waals surface area contributed by atoms with Crippen molar-refractivity contribution in [1.82, 2.24) is 18.7 Å². The van der Waals surface area contributed by atoms with Crippen molar-refractivity contribution in [2.45, 2.75) is 185 Å². The Morgan fingerprint density at radius 2 is 0.632 bits per heavy atom. The molecule has 7 heteroatoms. The van der Waals surface area contributed by atoms with Crippen molar-refractivity contribution >= 4 is 22.2 Å². The van der Waals surface area contributed by atoms with E-state index in [4.69, 9.17) is 4.99 Å². The Morgan fingerprint density at radius 1 is 0.447 bits per heavy atom. The summed E-state index contributed by atoms with van der Waals surface area (Å²) >= 11 is 0. The normalized spacial score (nSPS) is 14.0. The summed E-state index contributed by atoms with van der Waals surface area (Å²) in [6.07, 6.45) is 2.10. The first-order valence-corrected chi connectivity index (χ1v) is 18.3. The van der Waals surface area contributed by atoms with E-state index in [1.807, 2.05) is 0 Å². The first-order valence-electron chi connectivity index (χ1n) is 15.4. The minimum atomic E-state index is -0.559. The van der Waals surface area contributed by atoms with E-state index in [9.17, 15) is 0 Å². The third kappa shape index (κ3) is 12.1. The van der Waals surface area contributed by atoms with Gasteiger partial charge in [0.05, 0.1) is 5.54 Å². The zero-order valence-electron chi connectivity index (χ0n) is 29.2. The van der Waals surface area contributed by atoms with E-state index >= 15 is 0 Å². The molecule has 0 spiro atoms. The Balaban J connectivity index is 7.08. The third-order valence-electron chi connectivity index (χ3n) is 6.44. The maximum Gasteiger partial charge on any atom is 0.0523 e. The van der Waals surface area contributed by atoms with Gasteiger partial charge in [0, 0.05) is 82.8 Å². The van der Waals surface area contributed by atoms with Gasteiger partial charge >= 0.3 is 0 Å². The van der Waals surface area contributed by atoms with Crippen LogP contribution >= 0.6 is 16.4 Å². The molecule has 38 heavy (non-hydrogen) atoms. The Hall–Kier alpha value is 0.370. The minimum Gasteiger partial charge on any atom is -0.287 e. The molecule has 0 N–H and O–H groups in total. The highest BCUT2D eigenvalue weighted by Gasteiger charge is 2.37. The summed E-state index contributed by atoms with van der Waals surface area (Å²) in [6.45, 7) is 44.8. The fourth-order valence-corrected chi connectivity index (χ4v) is 12.6. The SMILES string of the molecule is CC(C)N(C(C)C)P(CC(CP(N(C(C)C)C(C)C)N(C(C)C)C(C)C)=NC(C)(C)C)N(C(C)C)C(C)C. The van der Waals surface area contributed by atoms with Gasteiger partial charge in [-0.2, -0.15) is 0 Å². The molecule has 0 atom stereocenters. The number of hydrogen-bond acceptors (Lipinski definition) is 5. The van der Waals surface area contributed by atoms with Crippen LogP contribution in [0.4, 0.5) is 0 Å². The van der Waals surface area contributed by atoms with Crippen LogP contribution in [0.3, 0.4) is 0 Å². The fourth-order valence-electron chi connectivity index (χ4n) is 6.00. The van der Waals surface area contributed by atoms with Gasteiger partial charge in [0.1, 0.15) is 0 Å². The molecule has 0 radical (unpaired) electrons. The number of rotatable bonds is 16. The average molecular weight is 574 g/mol. The van der Waals surface area contributed by atoms with Gasteiger partial charge in [-0.05, 0) is 132 Å². The quantitative estimate of drug-likeness (QED) is 0.136. The van der Waals surface area contributed by atoms with Crippen molar-refractivity contribution in [2.24, 2.45) is 4.99 Å². The standard InChI is InChI=1S/C31H69N5P2/c1-22(2)33(23(3)4)37(34(24(5)6)25(7)8)20-30(32-31(17,18)19)21-38(35(26(9)10)27(11)12)36(28(13)14)29(15)16/h22-29H,20-21H2,1-19H3. The van der Waals surface area contributed by atoms with Crippen LogP contribution in [-0.2, 0) is 0 Å². The molecule has 228 valence electrons. The van der Waals surface area contributed by atoms with E-state index in [1.165, 1.54) is 5.71 Å². The van der Waals surface area contributed by atoms with Crippen molar-refractivity contribution in [3.8, 4) is 0 Å². The molecule has 0 aliphatic heterocycles. The van der Waals surface area contributed by atoms with Crippen molar-refractivity contribution in [2.75, 3.05) is 12.3 Å². The maximum absolute atomic E-state index is 5.54. The molecule has 0 aliphatic rings. The summed E-state index contributed by atoms with van der Waals surface area (Å²) in [7, 11) is -1.12. The lowest BCUT2D eigenvalue weighted by Crippen LogP contribution is -2.46. The summed E-state index contributed by atoms with van der Waals surface area (Å²) in [6, 6.07) is 3.92. The number of nitrogens with zero attached hydrogens (tertiary/aromatic N) is 5. The first-order chi connectivity index (χ1) is 17.1. The largest absolute Gasteiger partial charge is 0.287 e. The summed E-state index contributed by atoms with van der Waals surface area (Å²) in [5.41, 5.74) is 1.31. The second-order valence-electron chi connectivity index (χ2n) is 14.2. The highest BCUT2D eigenvalue weighted by atomic mass is 31.1. The topological polar surface area (TPSA) is 25.3 Å². The Morgan fingerprint density at radius 3 is 0.763 bits per heavy atom. The summed E-state index contributed by atoms with van der Waals surface area (Å²) in [4.78, 5) is 5.54. The van der Waals surface area contributed by atoms with Crippen LogP contribution in [0.2, 0.25) is 0 Å². The van der Waals surface area contributed by atoms with Crippen molar-refractivity contribution < 1.29 is 0 Å². The van der Waals surface area contributed by atoms with Crippen LogP contribution in [0.5, 0.6) is 0 Å². The number of hydrogen-bond donors (Lipinski definition) is 0. The van der Waals surface area contributed by atoms with E-state index in [-0.39, 0.29) is 5.54 Å². The van der Waals surface area contributed by atoms with E-state index < -0.39 is 16.4 Å². The van der Waals surface area contributed by atoms with Crippen LogP contribution < -0.4 is 0 Å². The van der Waals surface area contributed by atoms with Gasteiger partial charge in [0.25, 0.3) is 0 Å². The first kappa shape index (κ1) is 38.4. The average Bonchev–Trinajstić information content (AvgIpc) is 2.63. The van der Waals surface area contributed by atoms with Crippen LogP contribution in [0.1, 0.15) is 132 Å². The molecule has 0 heterocycles. The summed E-state index contributed by atoms with van der Waals surface area (Å²) < 4.78 is 11.2. The van der Waals surface area contributed by atoms with Crippen LogP contribution in [0.15, 0.2) is 4.99 Å². The van der Waals surface area contributed by atoms with Crippen molar-refractivity contribution in [3.05, 3.63) is 0 Å². The van der Waals surface area contributed by atoms with Gasteiger partial charge < -0.3 is 0 Å². The summed E-state index contributed by atoms with van der Waals surface area (Å²) in [5.74, 6) is 0. The molecule has 0 aromatic carbocycles. The highest BCUT2D eigenvalue weighted by Crippen LogP contribution is 2.53. The fraction of sp³-hybridized carbons (Fsp3) is 0.968. The van der Waals surface area contributed by atoms with Crippen LogP contribution in [0, 0.1) is 0 Å². The Bertz CT molecular complexity index is 560. The molecule has 0 bridgehead atoms. The lowest BCUT2D eigenvalue weighted by atomic mass is 10.1. The predicted molar refractivity (Wildman–Crippen MR) is 179 cm³/mol. The predicted octanol–water partition coefficient (Wildman–Crippen LogP) is 9.32.